The number of fused-ring (bicyclic) bond motifs is 3. The highest BCUT2D eigenvalue weighted by atomic mass is 14.9. The molecule has 0 bridgehead atoms. The highest BCUT2D eigenvalue weighted by molar-refractivity contribution is 5.95. The van der Waals surface area contributed by atoms with Gasteiger partial charge in [-0.2, -0.15) is 0 Å². The van der Waals surface area contributed by atoms with Crippen molar-refractivity contribution in [1.29, 1.82) is 0 Å². The molecule has 0 saturated carbocycles. The van der Waals surface area contributed by atoms with E-state index in [0.29, 0.717) is 5.82 Å². The van der Waals surface area contributed by atoms with Crippen LogP contribution in [0.4, 0.5) is 0 Å². The molecule has 2 heteroatoms. The van der Waals surface area contributed by atoms with E-state index in [0.717, 1.165) is 39.2 Å². The van der Waals surface area contributed by atoms with Crippen molar-refractivity contribution in [2.45, 2.75) is 5.41 Å². The quantitative estimate of drug-likeness (QED) is 0.165. The topological polar surface area (TPSA) is 25.8 Å². The molecule has 2 nitrogen and oxygen atoms in total. The highest BCUT2D eigenvalue weighted by Crippen LogP contribution is 2.58. The van der Waals surface area contributed by atoms with Crippen molar-refractivity contribution in [1.82, 2.24) is 9.97 Å². The molecule has 1 aromatic heterocycles. The number of hydrogen-bond donors (Lipinski definition) is 0. The second-order valence-corrected chi connectivity index (χ2v) is 14.1. The lowest BCUT2D eigenvalue weighted by Gasteiger charge is -2.34. The van der Waals surface area contributed by atoms with E-state index in [4.69, 9.17) is 9.97 Å². The van der Waals surface area contributed by atoms with Crippen molar-refractivity contribution >= 4 is 0 Å². The van der Waals surface area contributed by atoms with Gasteiger partial charge in [-0.1, -0.05) is 212 Å². The minimum Gasteiger partial charge on any atom is -0.228 e. The molecule has 8 aromatic carbocycles. The van der Waals surface area contributed by atoms with Crippen LogP contribution >= 0.6 is 0 Å². The Morgan fingerprint density at radius 1 is 0.291 bits per heavy atom. The Kier molecular flexibility index (Phi) is 8.08. The summed E-state index contributed by atoms with van der Waals surface area (Å²) >= 11 is 0. The summed E-state index contributed by atoms with van der Waals surface area (Å²) in [5.74, 6) is 0.711. The first kappa shape index (κ1) is 32.5. The third-order valence-electron chi connectivity index (χ3n) is 11.0. The van der Waals surface area contributed by atoms with Crippen molar-refractivity contribution in [3.63, 3.8) is 0 Å². The third kappa shape index (κ3) is 5.59. The first-order valence-electron chi connectivity index (χ1n) is 18.8. The number of aromatic nitrogens is 2. The summed E-state index contributed by atoms with van der Waals surface area (Å²) in [5.41, 5.74) is 17.0. The Hall–Kier alpha value is -7.16. The molecule has 1 aliphatic carbocycles. The van der Waals surface area contributed by atoms with Gasteiger partial charge in [0.25, 0.3) is 0 Å². The minimum atomic E-state index is -0.418. The molecule has 0 spiro atoms. The van der Waals surface area contributed by atoms with E-state index in [-0.39, 0.29) is 0 Å². The van der Waals surface area contributed by atoms with Gasteiger partial charge < -0.3 is 0 Å². The molecule has 1 heterocycles. The molecule has 10 rings (SSSR count). The van der Waals surface area contributed by atoms with Crippen LogP contribution in [-0.4, -0.2) is 9.97 Å². The highest BCUT2D eigenvalue weighted by Gasteiger charge is 2.46. The van der Waals surface area contributed by atoms with Gasteiger partial charge >= 0.3 is 0 Å². The van der Waals surface area contributed by atoms with Crippen LogP contribution in [0.3, 0.4) is 0 Å². The minimum absolute atomic E-state index is 0.418. The maximum Gasteiger partial charge on any atom is 0.160 e. The van der Waals surface area contributed by atoms with Crippen LogP contribution < -0.4 is 0 Å². The summed E-state index contributed by atoms with van der Waals surface area (Å²) < 4.78 is 0. The first-order valence-corrected chi connectivity index (χ1v) is 18.8. The Bertz CT molecular complexity index is 2660. The fourth-order valence-corrected chi connectivity index (χ4v) is 8.48. The molecular formula is C53H36N2. The maximum absolute atomic E-state index is 5.03. The molecule has 9 aromatic rings. The van der Waals surface area contributed by atoms with Gasteiger partial charge in [-0.3, -0.25) is 0 Å². The zero-order valence-corrected chi connectivity index (χ0v) is 30.2. The van der Waals surface area contributed by atoms with E-state index in [1.165, 1.54) is 44.5 Å². The zero-order chi connectivity index (χ0) is 36.6. The van der Waals surface area contributed by atoms with Crippen molar-refractivity contribution in [2.24, 2.45) is 0 Å². The normalized spacial score (nSPS) is 12.5. The van der Waals surface area contributed by atoms with Crippen molar-refractivity contribution < 1.29 is 0 Å². The Labute approximate surface area is 322 Å². The summed E-state index contributed by atoms with van der Waals surface area (Å²) in [4.78, 5) is 10.1. The van der Waals surface area contributed by atoms with Crippen molar-refractivity contribution in [3.05, 3.63) is 241 Å². The number of rotatable bonds is 7. The average Bonchev–Trinajstić information content (AvgIpc) is 3.59. The first-order chi connectivity index (χ1) is 27.3. The third-order valence-corrected chi connectivity index (χ3v) is 11.0. The maximum atomic E-state index is 5.03. The molecule has 55 heavy (non-hydrogen) atoms. The smallest absolute Gasteiger partial charge is 0.160 e. The van der Waals surface area contributed by atoms with Gasteiger partial charge in [0.1, 0.15) is 0 Å². The largest absolute Gasteiger partial charge is 0.228 e. The van der Waals surface area contributed by atoms with E-state index in [1.807, 2.05) is 36.4 Å². The van der Waals surface area contributed by atoms with Crippen LogP contribution in [-0.2, 0) is 5.41 Å². The van der Waals surface area contributed by atoms with Crippen LogP contribution in [0.15, 0.2) is 218 Å². The summed E-state index contributed by atoms with van der Waals surface area (Å²) in [7, 11) is 0. The predicted octanol–water partition coefficient (Wildman–Crippen LogP) is 13.2. The van der Waals surface area contributed by atoms with E-state index in [2.05, 4.69) is 182 Å². The monoisotopic (exact) mass is 700 g/mol. The fourth-order valence-electron chi connectivity index (χ4n) is 8.48. The van der Waals surface area contributed by atoms with Crippen LogP contribution in [0, 0.1) is 0 Å². The summed E-state index contributed by atoms with van der Waals surface area (Å²) in [5, 5.41) is 0. The van der Waals surface area contributed by atoms with Gasteiger partial charge in [-0.05, 0) is 61.7 Å². The Morgan fingerprint density at radius 2 is 0.709 bits per heavy atom. The van der Waals surface area contributed by atoms with Crippen LogP contribution in [0.1, 0.15) is 22.3 Å². The SMILES string of the molecule is c1ccc(-c2cc(-c3ccccc3)nc(-c3ccc(-c4ccc(-c5cccc6c5-c5ccccc5C6(c5ccccc5)c5ccccc5)cc4)cc3)n2)cc1. The molecule has 0 unspecified atom stereocenters. The zero-order valence-electron chi connectivity index (χ0n) is 30.2. The van der Waals surface area contributed by atoms with Crippen LogP contribution in [0.25, 0.3) is 67.3 Å². The van der Waals surface area contributed by atoms with Crippen LogP contribution in [0.5, 0.6) is 0 Å². The van der Waals surface area contributed by atoms with E-state index in [9.17, 15) is 0 Å². The van der Waals surface area contributed by atoms with E-state index in [1.54, 1.807) is 0 Å². The standard InChI is InChI=1S/C53H36N2/c1-5-16-40(17-6-1)49-36-50(41-18-7-2-8-19-41)55-52(54-49)42-34-30-38(31-35-42)37-28-32-39(33-29-37)45-25-15-27-48-51(45)46-24-13-14-26-47(46)53(48,43-20-9-3-10-21-43)44-22-11-4-12-23-44/h1-36H. The average molecular weight is 701 g/mol. The lowest BCUT2D eigenvalue weighted by Crippen LogP contribution is -2.28. The van der Waals surface area contributed by atoms with E-state index < -0.39 is 5.41 Å². The van der Waals surface area contributed by atoms with Crippen molar-refractivity contribution in [3.8, 4) is 67.3 Å². The number of hydrogen-bond acceptors (Lipinski definition) is 2. The summed E-state index contributed by atoms with van der Waals surface area (Å²) in [6.45, 7) is 0. The summed E-state index contributed by atoms with van der Waals surface area (Å²) in [6.07, 6.45) is 0. The van der Waals surface area contributed by atoms with Gasteiger partial charge in [0.15, 0.2) is 5.82 Å². The van der Waals surface area contributed by atoms with Gasteiger partial charge in [0, 0.05) is 16.7 Å². The number of benzene rings is 8. The molecule has 0 atom stereocenters. The molecule has 0 fully saturated rings. The second-order valence-electron chi connectivity index (χ2n) is 14.1. The summed E-state index contributed by atoms with van der Waals surface area (Å²) in [6, 6.07) is 78.1. The molecule has 258 valence electrons. The van der Waals surface area contributed by atoms with Crippen LogP contribution in [0.2, 0.25) is 0 Å². The van der Waals surface area contributed by atoms with Crippen molar-refractivity contribution in [2.75, 3.05) is 0 Å². The van der Waals surface area contributed by atoms with Gasteiger partial charge in [-0.25, -0.2) is 9.97 Å². The molecule has 0 saturated heterocycles. The second kappa shape index (κ2) is 13.7. The molecule has 0 radical (unpaired) electrons. The lowest BCUT2D eigenvalue weighted by molar-refractivity contribution is 0.768. The number of nitrogens with zero attached hydrogens (tertiary/aromatic N) is 2. The molecule has 0 aliphatic heterocycles. The molecule has 1 aliphatic rings. The molecule has 0 amide bonds. The Morgan fingerprint density at radius 3 is 1.25 bits per heavy atom. The predicted molar refractivity (Wildman–Crippen MR) is 227 cm³/mol. The Balaban J connectivity index is 1.02. The van der Waals surface area contributed by atoms with Gasteiger partial charge in [0.2, 0.25) is 0 Å². The van der Waals surface area contributed by atoms with Gasteiger partial charge in [-0.15, -0.1) is 0 Å². The molecular weight excluding hydrogens is 665 g/mol. The van der Waals surface area contributed by atoms with Gasteiger partial charge in [0.05, 0.1) is 16.8 Å². The molecule has 0 N–H and O–H groups in total. The van der Waals surface area contributed by atoms with E-state index >= 15 is 0 Å². The fraction of sp³-hybridized carbons (Fsp3) is 0.0189. The lowest BCUT2D eigenvalue weighted by atomic mass is 9.67.